The molecule has 0 amide bonds. The molecule has 1 aliphatic heterocycles. The number of esters is 1. The van der Waals surface area contributed by atoms with Crippen molar-refractivity contribution in [1.82, 2.24) is 9.97 Å². The van der Waals surface area contributed by atoms with E-state index in [1.807, 2.05) is 13.8 Å². The van der Waals surface area contributed by atoms with Crippen molar-refractivity contribution in [1.29, 1.82) is 0 Å². The molecular formula is C22H26FN3O5S. The Morgan fingerprint density at radius 2 is 1.91 bits per heavy atom. The Morgan fingerprint density at radius 3 is 2.47 bits per heavy atom. The first-order chi connectivity index (χ1) is 15.0. The highest BCUT2D eigenvalue weighted by molar-refractivity contribution is 7.92. The molecule has 32 heavy (non-hydrogen) atoms. The molecule has 8 nitrogen and oxygen atoms in total. The number of rotatable bonds is 6. The van der Waals surface area contributed by atoms with Gasteiger partial charge in [0.1, 0.15) is 11.9 Å². The van der Waals surface area contributed by atoms with Crippen molar-refractivity contribution >= 4 is 28.0 Å². The highest BCUT2D eigenvalue weighted by Crippen LogP contribution is 2.32. The first-order valence-electron chi connectivity index (χ1n) is 10.1. The molecule has 1 aliphatic rings. The minimum atomic E-state index is -3.61. The number of hydrogen-bond donors (Lipinski definition) is 1. The zero-order valence-corrected chi connectivity index (χ0v) is 19.1. The van der Waals surface area contributed by atoms with E-state index in [0.29, 0.717) is 22.5 Å². The molecule has 2 aromatic rings. The van der Waals surface area contributed by atoms with Gasteiger partial charge in [-0.2, -0.15) is 0 Å². The maximum atomic E-state index is 13.5. The van der Waals surface area contributed by atoms with Crippen molar-refractivity contribution in [2.24, 2.45) is 0 Å². The van der Waals surface area contributed by atoms with Gasteiger partial charge in [0.15, 0.2) is 0 Å². The summed E-state index contributed by atoms with van der Waals surface area (Å²) in [6.45, 7) is 3.81. The van der Waals surface area contributed by atoms with Crippen molar-refractivity contribution in [3.05, 3.63) is 47.4 Å². The molecule has 1 aromatic heterocycles. The summed E-state index contributed by atoms with van der Waals surface area (Å²) in [6, 6.07) is 5.68. The first-order valence-corrected chi connectivity index (χ1v) is 12.0. The van der Waals surface area contributed by atoms with Crippen LogP contribution >= 0.6 is 0 Å². The van der Waals surface area contributed by atoms with Crippen LogP contribution in [0.4, 0.5) is 10.3 Å². The normalized spacial score (nSPS) is 19.4. The summed E-state index contributed by atoms with van der Waals surface area (Å²) < 4.78 is 44.0. The van der Waals surface area contributed by atoms with Gasteiger partial charge in [0.2, 0.25) is 16.0 Å². The van der Waals surface area contributed by atoms with E-state index in [2.05, 4.69) is 9.97 Å². The number of carbonyl (C=O) groups is 1. The number of benzene rings is 1. The third-order valence-electron chi connectivity index (χ3n) is 5.07. The van der Waals surface area contributed by atoms with Gasteiger partial charge in [0.25, 0.3) is 0 Å². The quantitative estimate of drug-likeness (QED) is 0.656. The Hall–Kier alpha value is -2.85. The number of nitrogens with zero attached hydrogens (tertiary/aromatic N) is 3. The van der Waals surface area contributed by atoms with Crippen LogP contribution in [0, 0.1) is 5.82 Å². The summed E-state index contributed by atoms with van der Waals surface area (Å²) in [5.74, 6) is -1.02. The van der Waals surface area contributed by atoms with Crippen molar-refractivity contribution in [3.8, 4) is 11.3 Å². The van der Waals surface area contributed by atoms with Gasteiger partial charge >= 0.3 is 5.97 Å². The Bertz CT molecular complexity index is 1130. The van der Waals surface area contributed by atoms with Crippen LogP contribution in [-0.4, -0.2) is 55.0 Å². The van der Waals surface area contributed by atoms with Gasteiger partial charge in [0, 0.05) is 24.6 Å². The zero-order valence-electron chi connectivity index (χ0n) is 18.3. The third-order valence-corrected chi connectivity index (χ3v) is 6.23. The lowest BCUT2D eigenvalue weighted by molar-refractivity contribution is -0.156. The molecule has 1 N–H and O–H groups in total. The average Bonchev–Trinajstić information content (AvgIpc) is 2.70. The number of carbonyl (C=O) groups excluding carboxylic acids is 1. The van der Waals surface area contributed by atoms with Crippen LogP contribution in [-0.2, 0) is 19.6 Å². The standard InChI is InChI=1S/C22H26FN3O5S/c1-13(2)20-18(10-9-17-11-16(27)12-19(28)31-17)21(14-5-7-15(23)8-6-14)25-22(24-20)26(3)32(4,29)30/h5-10,13,16-17,27H,11-12H2,1-4H3/b10-9+/t16-,17+/m0/s1. The van der Waals surface area contributed by atoms with Gasteiger partial charge in [-0.25, -0.2) is 27.1 Å². The number of aliphatic hydroxyl groups is 1. The fourth-order valence-corrected chi connectivity index (χ4v) is 3.70. The molecule has 0 unspecified atom stereocenters. The Morgan fingerprint density at radius 1 is 1.25 bits per heavy atom. The highest BCUT2D eigenvalue weighted by atomic mass is 32.2. The van der Waals surface area contributed by atoms with Crippen molar-refractivity contribution < 1.29 is 27.4 Å². The van der Waals surface area contributed by atoms with Gasteiger partial charge in [0.05, 0.1) is 30.2 Å². The van der Waals surface area contributed by atoms with E-state index in [-0.39, 0.29) is 24.7 Å². The summed E-state index contributed by atoms with van der Waals surface area (Å²) in [6.07, 6.45) is 3.23. The third kappa shape index (κ3) is 5.49. The first kappa shape index (κ1) is 23.8. The number of aromatic nitrogens is 2. The molecule has 0 bridgehead atoms. The molecule has 3 rings (SSSR count). The molecule has 2 heterocycles. The lowest BCUT2D eigenvalue weighted by Gasteiger charge is -2.24. The number of ether oxygens (including phenoxy) is 1. The van der Waals surface area contributed by atoms with Crippen LogP contribution in [0.25, 0.3) is 17.3 Å². The number of aliphatic hydroxyl groups excluding tert-OH is 1. The molecule has 1 saturated heterocycles. The van der Waals surface area contributed by atoms with Crippen LogP contribution in [0.15, 0.2) is 30.3 Å². The molecule has 10 heteroatoms. The molecule has 172 valence electrons. The van der Waals surface area contributed by atoms with E-state index < -0.39 is 34.0 Å². The topological polar surface area (TPSA) is 110 Å². The fourth-order valence-electron chi connectivity index (χ4n) is 3.33. The van der Waals surface area contributed by atoms with Crippen LogP contribution in [0.1, 0.15) is 43.9 Å². The van der Waals surface area contributed by atoms with Crippen LogP contribution in [0.2, 0.25) is 0 Å². The predicted molar refractivity (Wildman–Crippen MR) is 119 cm³/mol. The second kappa shape index (κ2) is 9.33. The zero-order chi connectivity index (χ0) is 23.6. The second-order valence-electron chi connectivity index (χ2n) is 8.04. The number of halogens is 1. The smallest absolute Gasteiger partial charge is 0.309 e. The SMILES string of the molecule is CC(C)c1nc(N(C)S(C)(=O)=O)nc(-c2ccc(F)cc2)c1/C=C/[C@@H]1C[C@H](O)CC(=O)O1. The Kier molecular flexibility index (Phi) is 6.94. The van der Waals surface area contributed by atoms with Gasteiger partial charge in [-0.1, -0.05) is 19.9 Å². The molecule has 0 radical (unpaired) electrons. The summed E-state index contributed by atoms with van der Waals surface area (Å²) in [5, 5.41) is 9.86. The number of sulfonamides is 1. The lowest BCUT2D eigenvalue weighted by atomic mass is 9.97. The van der Waals surface area contributed by atoms with Crippen molar-refractivity contribution in [2.45, 2.75) is 44.8 Å². The van der Waals surface area contributed by atoms with Crippen LogP contribution < -0.4 is 4.31 Å². The summed E-state index contributed by atoms with van der Waals surface area (Å²) >= 11 is 0. The Labute approximate surface area is 186 Å². The maximum absolute atomic E-state index is 13.5. The maximum Gasteiger partial charge on any atom is 0.309 e. The van der Waals surface area contributed by atoms with Crippen molar-refractivity contribution in [3.63, 3.8) is 0 Å². The molecule has 2 atom stereocenters. The van der Waals surface area contributed by atoms with Gasteiger partial charge in [-0.05, 0) is 36.3 Å². The Balaban J connectivity index is 2.17. The van der Waals surface area contributed by atoms with E-state index in [1.54, 1.807) is 24.3 Å². The molecule has 1 fully saturated rings. The van der Waals surface area contributed by atoms with Crippen molar-refractivity contribution in [2.75, 3.05) is 17.6 Å². The number of cyclic esters (lactones) is 1. The van der Waals surface area contributed by atoms with E-state index >= 15 is 0 Å². The predicted octanol–water partition coefficient (Wildman–Crippen LogP) is 2.88. The minimum absolute atomic E-state index is 0.00723. The van der Waals surface area contributed by atoms with E-state index in [4.69, 9.17) is 4.74 Å². The summed E-state index contributed by atoms with van der Waals surface area (Å²) in [4.78, 5) is 20.6. The number of hydrogen-bond acceptors (Lipinski definition) is 7. The summed E-state index contributed by atoms with van der Waals surface area (Å²) in [5.41, 5.74) is 2.14. The van der Waals surface area contributed by atoms with Gasteiger partial charge in [-0.15, -0.1) is 0 Å². The van der Waals surface area contributed by atoms with Crippen LogP contribution in [0.5, 0.6) is 0 Å². The molecule has 0 saturated carbocycles. The lowest BCUT2D eigenvalue weighted by Crippen LogP contribution is -2.31. The van der Waals surface area contributed by atoms with E-state index in [9.17, 15) is 22.7 Å². The van der Waals surface area contributed by atoms with E-state index in [1.165, 1.54) is 19.2 Å². The van der Waals surface area contributed by atoms with E-state index in [0.717, 1.165) is 10.6 Å². The number of anilines is 1. The van der Waals surface area contributed by atoms with Gasteiger partial charge < -0.3 is 9.84 Å². The molecular weight excluding hydrogens is 437 g/mol. The molecule has 0 spiro atoms. The monoisotopic (exact) mass is 463 g/mol. The minimum Gasteiger partial charge on any atom is -0.458 e. The molecule has 1 aromatic carbocycles. The fraction of sp³-hybridized carbons (Fsp3) is 0.409. The van der Waals surface area contributed by atoms with Gasteiger partial charge in [-0.3, -0.25) is 4.79 Å². The van der Waals surface area contributed by atoms with Crippen LogP contribution in [0.3, 0.4) is 0 Å². The second-order valence-corrected chi connectivity index (χ2v) is 10.1. The molecule has 0 aliphatic carbocycles. The average molecular weight is 464 g/mol. The summed E-state index contributed by atoms with van der Waals surface area (Å²) in [7, 11) is -2.25. The highest BCUT2D eigenvalue weighted by Gasteiger charge is 2.26. The largest absolute Gasteiger partial charge is 0.458 e.